The second-order valence-corrected chi connectivity index (χ2v) is 3.90. The number of rotatable bonds is 7. The summed E-state index contributed by atoms with van der Waals surface area (Å²) in [5.41, 5.74) is 0. The number of aromatic nitrogens is 2. The van der Waals surface area contributed by atoms with Crippen LogP contribution >= 0.6 is 0 Å². The van der Waals surface area contributed by atoms with Crippen molar-refractivity contribution in [3.05, 3.63) is 23.5 Å². The van der Waals surface area contributed by atoms with Crippen LogP contribution in [-0.4, -0.2) is 11.7 Å². The molecule has 0 saturated heterocycles. The molecule has 0 fully saturated rings. The molecule has 1 rings (SSSR count). The number of nitrogens with zero attached hydrogens (tertiary/aromatic N) is 2. The second kappa shape index (κ2) is 7.04. The highest BCUT2D eigenvalue weighted by Gasteiger charge is 2.08. The van der Waals surface area contributed by atoms with E-state index in [9.17, 15) is 5.21 Å². The largest absolute Gasteiger partial charge is 0.594 e. The van der Waals surface area contributed by atoms with Gasteiger partial charge in [-0.2, -0.15) is 0 Å². The molecule has 0 bridgehead atoms. The summed E-state index contributed by atoms with van der Waals surface area (Å²) in [5.74, 6) is 0.926. The fraction of sp³-hybridized carbons (Fsp3) is 0.667. The van der Waals surface area contributed by atoms with Crippen LogP contribution in [0.5, 0.6) is 5.88 Å². The minimum atomic E-state index is 0.378. The van der Waals surface area contributed by atoms with Gasteiger partial charge in [0.05, 0.1) is 11.7 Å². The smallest absolute Gasteiger partial charge is 0.319 e. The van der Waals surface area contributed by atoms with Crippen LogP contribution in [-0.2, 0) is 0 Å². The third-order valence-corrected chi connectivity index (χ3v) is 2.61. The van der Waals surface area contributed by atoms with Crippen LogP contribution in [0.25, 0.3) is 0 Å². The summed E-state index contributed by atoms with van der Waals surface area (Å²) >= 11 is 0. The minimum absolute atomic E-state index is 0.378. The summed E-state index contributed by atoms with van der Waals surface area (Å²) < 4.78 is 5.48. The Morgan fingerprint density at radius 3 is 3.00 bits per heavy atom. The molecule has 1 aromatic heterocycles. The van der Waals surface area contributed by atoms with E-state index in [-0.39, 0.29) is 0 Å². The predicted octanol–water partition coefficient (Wildman–Crippen LogP) is 2.11. The maximum Gasteiger partial charge on any atom is 0.319 e. The van der Waals surface area contributed by atoms with Crippen molar-refractivity contribution < 1.29 is 9.58 Å². The number of hydrogen-bond acceptors (Lipinski definition) is 3. The molecule has 1 aromatic rings. The first-order chi connectivity index (χ1) is 7.76. The van der Waals surface area contributed by atoms with Crippen LogP contribution < -0.4 is 9.58 Å². The van der Waals surface area contributed by atoms with Gasteiger partial charge in [-0.25, -0.2) is 0 Å². The molecule has 16 heavy (non-hydrogen) atoms. The molecule has 0 spiro atoms. The summed E-state index contributed by atoms with van der Waals surface area (Å²) in [5, 5.41) is 14.5. The molecule has 0 aliphatic carbocycles. The molecular formula is C12H19N2O2. The molecule has 1 heterocycles. The van der Waals surface area contributed by atoms with E-state index in [4.69, 9.17) is 4.74 Å². The molecule has 1 atom stereocenters. The van der Waals surface area contributed by atoms with Crippen LogP contribution in [0.3, 0.4) is 0 Å². The Morgan fingerprint density at radius 2 is 2.38 bits per heavy atom. The molecule has 0 aromatic carbocycles. The van der Waals surface area contributed by atoms with Gasteiger partial charge in [0, 0.05) is 12.1 Å². The van der Waals surface area contributed by atoms with Gasteiger partial charge in [0.25, 0.3) is 5.88 Å². The SMILES string of the molecule is CCCCC(CC)COc1cc[c][n+]([O-])n1. The third kappa shape index (κ3) is 4.47. The quantitative estimate of drug-likeness (QED) is 0.525. The van der Waals surface area contributed by atoms with E-state index in [0.717, 1.165) is 6.42 Å². The molecular weight excluding hydrogens is 204 g/mol. The molecule has 1 unspecified atom stereocenters. The van der Waals surface area contributed by atoms with E-state index in [1.165, 1.54) is 25.3 Å². The lowest BCUT2D eigenvalue weighted by Gasteiger charge is -2.14. The van der Waals surface area contributed by atoms with E-state index < -0.39 is 0 Å². The Kier molecular flexibility index (Phi) is 5.61. The van der Waals surface area contributed by atoms with Gasteiger partial charge in [0.15, 0.2) is 0 Å². The average Bonchev–Trinajstić information content (AvgIpc) is 2.29. The summed E-state index contributed by atoms with van der Waals surface area (Å²) in [6.07, 6.45) is 7.07. The summed E-state index contributed by atoms with van der Waals surface area (Å²) in [6, 6.07) is 3.17. The highest BCUT2D eigenvalue weighted by Crippen LogP contribution is 2.14. The molecule has 4 nitrogen and oxygen atoms in total. The van der Waals surface area contributed by atoms with Crippen LogP contribution in [0.2, 0.25) is 0 Å². The highest BCUT2D eigenvalue weighted by atomic mass is 16.5. The Balaban J connectivity index is 2.37. The van der Waals surface area contributed by atoms with Crippen molar-refractivity contribution >= 4 is 0 Å². The van der Waals surface area contributed by atoms with E-state index in [0.29, 0.717) is 23.2 Å². The zero-order chi connectivity index (χ0) is 11.8. The lowest BCUT2D eigenvalue weighted by Crippen LogP contribution is -2.31. The van der Waals surface area contributed by atoms with Gasteiger partial charge in [0.2, 0.25) is 0 Å². The van der Waals surface area contributed by atoms with Crippen LogP contribution in [0, 0.1) is 17.3 Å². The Hall–Kier alpha value is -1.32. The number of ether oxygens (including phenoxy) is 1. The molecule has 1 radical (unpaired) electrons. The van der Waals surface area contributed by atoms with Crippen molar-refractivity contribution in [2.45, 2.75) is 39.5 Å². The summed E-state index contributed by atoms with van der Waals surface area (Å²) in [4.78, 5) is 0.391. The molecule has 0 saturated carbocycles. The van der Waals surface area contributed by atoms with E-state index in [1.54, 1.807) is 6.07 Å². The van der Waals surface area contributed by atoms with Gasteiger partial charge in [-0.3, -0.25) is 0 Å². The Labute approximate surface area is 96.8 Å². The molecule has 0 N–H and O–H groups in total. The molecule has 0 amide bonds. The zero-order valence-electron chi connectivity index (χ0n) is 9.98. The van der Waals surface area contributed by atoms with Crippen molar-refractivity contribution in [2.24, 2.45) is 5.92 Å². The monoisotopic (exact) mass is 223 g/mol. The predicted molar refractivity (Wildman–Crippen MR) is 60.8 cm³/mol. The number of unbranched alkanes of at least 4 members (excludes halogenated alkanes) is 1. The fourth-order valence-electron chi connectivity index (χ4n) is 1.50. The summed E-state index contributed by atoms with van der Waals surface area (Å²) in [6.45, 7) is 4.97. The van der Waals surface area contributed by atoms with Crippen molar-refractivity contribution in [1.29, 1.82) is 0 Å². The van der Waals surface area contributed by atoms with Gasteiger partial charge >= 0.3 is 6.20 Å². The van der Waals surface area contributed by atoms with E-state index >= 15 is 0 Å². The van der Waals surface area contributed by atoms with Gasteiger partial charge < -0.3 is 9.94 Å². The van der Waals surface area contributed by atoms with E-state index in [1.807, 2.05) is 0 Å². The Bertz CT molecular complexity index is 305. The third-order valence-electron chi connectivity index (χ3n) is 2.61. The first-order valence-electron chi connectivity index (χ1n) is 5.87. The van der Waals surface area contributed by atoms with Gasteiger partial charge in [0.1, 0.15) is 0 Å². The van der Waals surface area contributed by atoms with Gasteiger partial charge in [-0.15, -0.1) is 0 Å². The summed E-state index contributed by atoms with van der Waals surface area (Å²) in [7, 11) is 0. The van der Waals surface area contributed by atoms with Crippen molar-refractivity contribution in [3.63, 3.8) is 0 Å². The van der Waals surface area contributed by atoms with Crippen LogP contribution in [0.4, 0.5) is 0 Å². The normalized spacial score (nSPS) is 12.4. The topological polar surface area (TPSA) is 49.1 Å². The zero-order valence-corrected chi connectivity index (χ0v) is 9.98. The van der Waals surface area contributed by atoms with Crippen LogP contribution in [0.1, 0.15) is 39.5 Å². The van der Waals surface area contributed by atoms with Crippen molar-refractivity contribution in [3.8, 4) is 5.88 Å². The molecule has 0 aliphatic rings. The van der Waals surface area contributed by atoms with Gasteiger partial charge in [-0.05, 0) is 17.2 Å². The second-order valence-electron chi connectivity index (χ2n) is 3.90. The Morgan fingerprint density at radius 1 is 1.56 bits per heavy atom. The molecule has 4 heteroatoms. The lowest BCUT2D eigenvalue weighted by molar-refractivity contribution is -0.673. The first-order valence-corrected chi connectivity index (χ1v) is 5.87. The van der Waals surface area contributed by atoms with Crippen LogP contribution in [0.15, 0.2) is 12.1 Å². The van der Waals surface area contributed by atoms with E-state index in [2.05, 4.69) is 25.1 Å². The standard InChI is InChI=1S/C12H19N2O2/c1-3-5-7-11(4-2)10-16-12-8-6-9-14(15)13-12/h6,8,11H,3-5,7,10H2,1-2H3. The van der Waals surface area contributed by atoms with Gasteiger partial charge in [-0.1, -0.05) is 33.1 Å². The highest BCUT2D eigenvalue weighted by molar-refractivity contribution is 5.02. The fourth-order valence-corrected chi connectivity index (χ4v) is 1.50. The maximum absolute atomic E-state index is 10.8. The van der Waals surface area contributed by atoms with Crippen molar-refractivity contribution in [2.75, 3.05) is 6.61 Å². The average molecular weight is 223 g/mol. The molecule has 0 aliphatic heterocycles. The minimum Gasteiger partial charge on any atom is -0.594 e. The lowest BCUT2D eigenvalue weighted by atomic mass is 10.0. The maximum atomic E-state index is 10.8. The first kappa shape index (κ1) is 12.7. The molecule has 89 valence electrons. The van der Waals surface area contributed by atoms with Crippen molar-refractivity contribution in [1.82, 2.24) is 5.10 Å². The number of hydrogen-bond donors (Lipinski definition) is 0.